The molecule has 1 aliphatic rings. The Labute approximate surface area is 407 Å². The number of nitrogen functional groups attached to an aromatic ring is 1. The Morgan fingerprint density at radius 2 is 1.55 bits per heavy atom. The van der Waals surface area contributed by atoms with Gasteiger partial charge in [-0.2, -0.15) is 5.10 Å². The van der Waals surface area contributed by atoms with E-state index in [1.807, 2.05) is 6.92 Å². The number of benzene rings is 2. The molecule has 5 heterocycles. The highest BCUT2D eigenvalue weighted by Crippen LogP contribution is 2.42. The molecule has 0 spiro atoms. The molecule has 364 valence electrons. The number of nitrogens with zero attached hydrogens (tertiary/aromatic N) is 5. The fraction of sp³-hybridized carbons (Fsp3) is 0.354. The van der Waals surface area contributed by atoms with Crippen molar-refractivity contribution in [2.24, 2.45) is 0 Å². The monoisotopic (exact) mass is 984 g/mol. The lowest BCUT2D eigenvalue weighted by Crippen LogP contribution is -2.37. The minimum Gasteiger partial charge on any atom is -0.508 e. The third-order valence-corrected chi connectivity index (χ3v) is 12.2. The van der Waals surface area contributed by atoms with Gasteiger partial charge in [0.15, 0.2) is 0 Å². The van der Waals surface area contributed by atoms with Gasteiger partial charge in [0.05, 0.1) is 60.9 Å². The second-order valence-corrected chi connectivity index (χ2v) is 16.7. The summed E-state index contributed by atoms with van der Waals surface area (Å²) in [6.45, 7) is 4.66. The normalized spacial score (nSPS) is 12.3. The van der Waals surface area contributed by atoms with Gasteiger partial charge in [0.25, 0.3) is 5.91 Å². The number of halogens is 2. The fourth-order valence-corrected chi connectivity index (χ4v) is 8.40. The molecule has 69 heavy (non-hydrogen) atoms. The van der Waals surface area contributed by atoms with E-state index in [4.69, 9.17) is 43.1 Å². The van der Waals surface area contributed by atoms with E-state index in [-0.39, 0.29) is 80.9 Å². The van der Waals surface area contributed by atoms with E-state index < -0.39 is 6.61 Å². The Bertz CT molecular complexity index is 2760. The molecule has 0 unspecified atom stereocenters. The Kier molecular flexibility index (Phi) is 17.6. The van der Waals surface area contributed by atoms with Gasteiger partial charge in [-0.05, 0) is 47.9 Å². The molecule has 2 aromatic carbocycles. The van der Waals surface area contributed by atoms with Crippen LogP contribution in [0.1, 0.15) is 40.7 Å². The summed E-state index contributed by atoms with van der Waals surface area (Å²) in [6, 6.07) is 13.7. The quantitative estimate of drug-likeness (QED) is 0.0443. The average molecular weight is 986 g/mol. The zero-order valence-electron chi connectivity index (χ0n) is 38.0. The van der Waals surface area contributed by atoms with Gasteiger partial charge in [-0.1, -0.05) is 48.3 Å². The van der Waals surface area contributed by atoms with E-state index in [0.717, 1.165) is 44.5 Å². The summed E-state index contributed by atoms with van der Waals surface area (Å²) >= 11 is 13.1. The zero-order valence-corrected chi connectivity index (χ0v) is 39.5. The molecule has 0 atom stereocenters. The first-order valence-corrected chi connectivity index (χ1v) is 23.2. The number of aromatic amines is 1. The van der Waals surface area contributed by atoms with Gasteiger partial charge in [-0.3, -0.25) is 28.8 Å². The smallest absolute Gasteiger partial charge is 0.269 e. The number of nitrogens with one attached hydrogen (secondary N) is 4. The molecule has 0 fully saturated rings. The van der Waals surface area contributed by atoms with Crippen LogP contribution in [0.3, 0.4) is 0 Å². The van der Waals surface area contributed by atoms with Crippen LogP contribution in [0.5, 0.6) is 5.75 Å². The lowest BCUT2D eigenvalue weighted by Gasteiger charge is -2.26. The number of anilines is 1. The van der Waals surface area contributed by atoms with Crippen LogP contribution >= 0.6 is 23.2 Å². The van der Waals surface area contributed by atoms with Crippen LogP contribution in [-0.2, 0) is 54.5 Å². The van der Waals surface area contributed by atoms with Crippen molar-refractivity contribution in [3.8, 4) is 39.3 Å². The van der Waals surface area contributed by atoms with E-state index >= 15 is 0 Å². The number of ether oxygens (including phenoxy) is 3. The number of phenolic OH excluding ortho intramolecular Hbond substituents is 1. The molecule has 0 saturated carbocycles. The number of pyridine rings is 2. The van der Waals surface area contributed by atoms with Gasteiger partial charge in [-0.15, -0.1) is 0 Å². The number of carbonyl (C=O) groups is 4. The largest absolute Gasteiger partial charge is 0.508 e. The van der Waals surface area contributed by atoms with Crippen LogP contribution in [0.25, 0.3) is 44.4 Å². The summed E-state index contributed by atoms with van der Waals surface area (Å²) in [6.07, 6.45) is 6.39. The number of aromatic hydroxyl groups is 1. The first-order chi connectivity index (χ1) is 33.4. The van der Waals surface area contributed by atoms with Crippen LogP contribution in [0, 0.1) is 0 Å². The van der Waals surface area contributed by atoms with E-state index in [0.29, 0.717) is 85.0 Å². The topological polar surface area (TPSA) is 261 Å². The minimum atomic E-state index is -0.570. The maximum atomic E-state index is 12.7. The molecule has 6 aromatic rings. The zero-order chi connectivity index (χ0) is 48.9. The number of hydrogen-bond donors (Lipinski definition) is 7. The second kappa shape index (κ2) is 24.1. The Balaban J connectivity index is 0.716. The standard InChI is InChI=1S/C48H54Cl2N10O9/c1-2-32-34(25-56-47(51)43(32)29-3-6-31(62)7-4-29)30-5-8-39(55-24-30)48(66)54-13-12-52-40(63)11-17-67-19-21-69-22-20-68-18-14-53-41(64)27-60-16-10-38(58-60)33-23-36(49)45(50)46-44(33)35-26-59(42(65)28-61)15-9-37(35)57-46/h3-8,10,16,23-25,57,61-62H,2,9,11-15,17-22,26-28H2,1H3,(H2,51,56)(H,52,63)(H,53,64)(H,54,66). The SMILES string of the molecule is CCc1c(-c2ccc(C(=O)NCCNC(=O)CCOCCOCCOCCNC(=O)Cn3ccc(-c4cc(Cl)c(Cl)c5[nH]c6c(c45)CN(C(=O)CO)CC6)n3)nc2)cnc(N)c1-c1ccc(O)cc1. The number of aromatic nitrogens is 5. The molecule has 19 nitrogen and oxygen atoms in total. The first-order valence-electron chi connectivity index (χ1n) is 22.5. The van der Waals surface area contributed by atoms with E-state index in [1.54, 1.807) is 72.0 Å². The molecule has 1 aliphatic heterocycles. The molecule has 0 saturated heterocycles. The lowest BCUT2D eigenvalue weighted by molar-refractivity contribution is -0.135. The van der Waals surface area contributed by atoms with Crippen LogP contribution in [0.2, 0.25) is 10.0 Å². The fourth-order valence-electron chi connectivity index (χ4n) is 8.00. The number of phenols is 1. The summed E-state index contributed by atoms with van der Waals surface area (Å²) in [4.78, 5) is 63.7. The Hall–Kier alpha value is -6.61. The molecule has 7 rings (SSSR count). The third-order valence-electron chi connectivity index (χ3n) is 11.4. The number of aliphatic hydroxyl groups is 1. The summed E-state index contributed by atoms with van der Waals surface area (Å²) < 4.78 is 18.1. The number of hydrogen-bond acceptors (Lipinski definition) is 13. The molecule has 0 radical (unpaired) electrons. The average Bonchev–Trinajstić information content (AvgIpc) is 3.99. The van der Waals surface area contributed by atoms with E-state index in [2.05, 4.69) is 36.0 Å². The van der Waals surface area contributed by atoms with Gasteiger partial charge in [0.2, 0.25) is 17.7 Å². The highest BCUT2D eigenvalue weighted by molar-refractivity contribution is 6.45. The third kappa shape index (κ3) is 12.7. The maximum absolute atomic E-state index is 12.7. The Morgan fingerprint density at radius 1 is 0.841 bits per heavy atom. The van der Waals surface area contributed by atoms with Gasteiger partial charge in [0.1, 0.15) is 30.4 Å². The highest BCUT2D eigenvalue weighted by Gasteiger charge is 2.28. The number of carbonyl (C=O) groups excluding carboxylic acids is 4. The molecule has 0 aliphatic carbocycles. The molecular weight excluding hydrogens is 931 g/mol. The summed E-state index contributed by atoms with van der Waals surface area (Å²) in [5.74, 6) is -0.664. The molecule has 4 amide bonds. The number of rotatable bonds is 23. The second-order valence-electron chi connectivity index (χ2n) is 16.0. The lowest BCUT2D eigenvalue weighted by atomic mass is 9.92. The van der Waals surface area contributed by atoms with Crippen LogP contribution in [0.15, 0.2) is 67.1 Å². The minimum absolute atomic E-state index is 0.0236. The van der Waals surface area contributed by atoms with Crippen molar-refractivity contribution in [3.05, 3.63) is 99.7 Å². The van der Waals surface area contributed by atoms with Crippen LogP contribution in [-0.4, -0.2) is 136 Å². The summed E-state index contributed by atoms with van der Waals surface area (Å²) in [5, 5.41) is 33.6. The highest BCUT2D eigenvalue weighted by atomic mass is 35.5. The first kappa shape index (κ1) is 50.3. The Morgan fingerprint density at radius 3 is 2.28 bits per heavy atom. The van der Waals surface area contributed by atoms with E-state index in [1.165, 1.54) is 4.68 Å². The van der Waals surface area contributed by atoms with E-state index in [9.17, 15) is 29.4 Å². The molecule has 8 N–H and O–H groups in total. The van der Waals surface area contributed by atoms with Crippen molar-refractivity contribution >= 4 is 63.6 Å². The van der Waals surface area contributed by atoms with Gasteiger partial charge in [0, 0.05) is 103 Å². The predicted octanol–water partition coefficient (Wildman–Crippen LogP) is 4.29. The molecular formula is C48H54Cl2N10O9. The number of aliphatic hydroxyl groups excluding tert-OH is 1. The van der Waals surface area contributed by atoms with Gasteiger partial charge in [-0.25, -0.2) is 4.98 Å². The molecule has 21 heteroatoms. The van der Waals surface area contributed by atoms with Crippen LogP contribution < -0.4 is 21.7 Å². The van der Waals surface area contributed by atoms with Crippen molar-refractivity contribution in [3.63, 3.8) is 0 Å². The summed E-state index contributed by atoms with van der Waals surface area (Å²) in [7, 11) is 0. The summed E-state index contributed by atoms with van der Waals surface area (Å²) in [5.41, 5.74) is 14.5. The maximum Gasteiger partial charge on any atom is 0.269 e. The van der Waals surface area contributed by atoms with Crippen molar-refractivity contribution in [2.75, 3.05) is 78.2 Å². The van der Waals surface area contributed by atoms with Gasteiger partial charge < -0.3 is 56.0 Å². The van der Waals surface area contributed by atoms with Gasteiger partial charge >= 0.3 is 0 Å². The number of nitrogens with two attached hydrogens (primary N) is 1. The molecule has 0 bridgehead atoms. The van der Waals surface area contributed by atoms with Crippen molar-refractivity contribution < 1.29 is 43.6 Å². The number of amides is 4. The number of H-pyrrole nitrogens is 1. The van der Waals surface area contributed by atoms with Crippen LogP contribution in [0.4, 0.5) is 5.82 Å². The molecule has 4 aromatic heterocycles. The number of fused-ring (bicyclic) bond motifs is 3. The predicted molar refractivity (Wildman–Crippen MR) is 260 cm³/mol. The van der Waals surface area contributed by atoms with Crippen molar-refractivity contribution in [2.45, 2.75) is 39.3 Å². The van der Waals surface area contributed by atoms with Crippen molar-refractivity contribution in [1.29, 1.82) is 0 Å². The van der Waals surface area contributed by atoms with Crippen molar-refractivity contribution in [1.82, 2.24) is 45.6 Å².